The minimum Gasteiger partial charge on any atom is -0.303 e. The Hall–Kier alpha value is -2.81. The Morgan fingerprint density at radius 1 is 0.917 bits per heavy atom. The van der Waals surface area contributed by atoms with E-state index >= 15 is 0 Å². The lowest BCUT2D eigenvalue weighted by atomic mass is 9.69. The van der Waals surface area contributed by atoms with Crippen LogP contribution in [0.4, 0.5) is 0 Å². The molecule has 1 atom stereocenters. The smallest absolute Gasteiger partial charge is 0.121 e. The molecule has 0 saturated carbocycles. The van der Waals surface area contributed by atoms with Gasteiger partial charge in [0.1, 0.15) is 6.29 Å². The topological polar surface area (TPSA) is 42.9 Å². The molecule has 0 amide bonds. The predicted octanol–water partition coefficient (Wildman–Crippen LogP) is 4.02. The molecule has 1 aromatic carbocycles. The van der Waals surface area contributed by atoms with Gasteiger partial charge in [-0.15, -0.1) is 0 Å². The number of carbonyl (C=O) groups is 1. The van der Waals surface area contributed by atoms with Crippen LogP contribution in [0.15, 0.2) is 66.9 Å². The number of aryl methyl sites for hydroxylation is 2. The van der Waals surface area contributed by atoms with Gasteiger partial charge in [0.25, 0.3) is 0 Å². The van der Waals surface area contributed by atoms with Crippen LogP contribution < -0.4 is 0 Å². The van der Waals surface area contributed by atoms with Crippen LogP contribution in [-0.2, 0) is 10.2 Å². The van der Waals surface area contributed by atoms with E-state index in [1.807, 2.05) is 50.2 Å². The van der Waals surface area contributed by atoms with E-state index in [0.717, 1.165) is 34.5 Å². The lowest BCUT2D eigenvalue weighted by molar-refractivity contribution is -0.108. The lowest BCUT2D eigenvalue weighted by Crippen LogP contribution is -2.31. The van der Waals surface area contributed by atoms with Crippen molar-refractivity contribution in [2.24, 2.45) is 0 Å². The van der Waals surface area contributed by atoms with Crippen LogP contribution in [0, 0.1) is 13.8 Å². The lowest BCUT2D eigenvalue weighted by Gasteiger charge is -2.33. The molecule has 0 radical (unpaired) electrons. The molecule has 3 aromatic rings. The molecule has 3 heteroatoms. The Balaban J connectivity index is 2.36. The van der Waals surface area contributed by atoms with Crippen molar-refractivity contribution in [2.45, 2.75) is 25.7 Å². The number of nitrogens with zero attached hydrogens (tertiary/aromatic N) is 2. The molecule has 3 nitrogen and oxygen atoms in total. The highest BCUT2D eigenvalue weighted by atomic mass is 16.1. The van der Waals surface area contributed by atoms with E-state index in [-0.39, 0.29) is 0 Å². The zero-order valence-electron chi connectivity index (χ0n) is 13.9. The summed E-state index contributed by atoms with van der Waals surface area (Å²) in [6.07, 6.45) is 3.09. The van der Waals surface area contributed by atoms with Gasteiger partial charge in [-0.1, -0.05) is 36.4 Å². The Bertz CT molecular complexity index is 769. The maximum Gasteiger partial charge on any atom is 0.121 e. The number of hydrogen-bond donors (Lipinski definition) is 0. The average molecular weight is 316 g/mol. The van der Waals surface area contributed by atoms with Crippen LogP contribution in [-0.4, -0.2) is 16.3 Å². The molecule has 120 valence electrons. The van der Waals surface area contributed by atoms with Gasteiger partial charge in [-0.05, 0) is 49.2 Å². The number of rotatable bonds is 5. The van der Waals surface area contributed by atoms with Crippen LogP contribution in [0.1, 0.15) is 34.6 Å². The minimum atomic E-state index is -0.608. The van der Waals surface area contributed by atoms with Gasteiger partial charge in [-0.25, -0.2) is 0 Å². The van der Waals surface area contributed by atoms with Crippen LogP contribution >= 0.6 is 0 Å². The van der Waals surface area contributed by atoms with Gasteiger partial charge in [-0.3, -0.25) is 9.97 Å². The van der Waals surface area contributed by atoms with E-state index in [0.29, 0.717) is 6.42 Å². The van der Waals surface area contributed by atoms with Gasteiger partial charge < -0.3 is 4.79 Å². The Morgan fingerprint density at radius 2 is 1.58 bits per heavy atom. The van der Waals surface area contributed by atoms with Gasteiger partial charge >= 0.3 is 0 Å². The quantitative estimate of drug-likeness (QED) is 0.668. The summed E-state index contributed by atoms with van der Waals surface area (Å²) in [6, 6.07) is 20.0. The number of carbonyl (C=O) groups excluding carboxylic acids is 1. The standard InChI is InChI=1S/C21H20N2O/c1-16-14-19(15-17(2)23-16)21(11-13-24,18-8-4-3-5-9-18)20-10-6-7-12-22-20/h3-10,12-15H,11H2,1-2H3. The monoisotopic (exact) mass is 316 g/mol. The largest absolute Gasteiger partial charge is 0.303 e. The molecule has 0 aliphatic rings. The first kappa shape index (κ1) is 16.1. The van der Waals surface area contributed by atoms with E-state index in [4.69, 9.17) is 0 Å². The molecule has 0 fully saturated rings. The van der Waals surface area contributed by atoms with Crippen LogP contribution in [0.2, 0.25) is 0 Å². The minimum absolute atomic E-state index is 0.330. The third kappa shape index (κ3) is 2.85. The third-order valence-corrected chi connectivity index (χ3v) is 4.33. The summed E-state index contributed by atoms with van der Waals surface area (Å²) < 4.78 is 0. The van der Waals surface area contributed by atoms with Crippen LogP contribution in [0.3, 0.4) is 0 Å². The van der Waals surface area contributed by atoms with Crippen molar-refractivity contribution < 1.29 is 4.79 Å². The zero-order valence-corrected chi connectivity index (χ0v) is 13.9. The number of aromatic nitrogens is 2. The third-order valence-electron chi connectivity index (χ3n) is 4.33. The number of pyridine rings is 2. The fourth-order valence-electron chi connectivity index (χ4n) is 3.35. The molecule has 24 heavy (non-hydrogen) atoms. The maximum atomic E-state index is 11.7. The first-order chi connectivity index (χ1) is 11.7. The molecule has 0 aliphatic heterocycles. The zero-order chi connectivity index (χ0) is 17.0. The summed E-state index contributed by atoms with van der Waals surface area (Å²) >= 11 is 0. The van der Waals surface area contributed by atoms with Gasteiger partial charge in [0.05, 0.1) is 11.1 Å². The summed E-state index contributed by atoms with van der Waals surface area (Å²) in [4.78, 5) is 20.8. The van der Waals surface area contributed by atoms with Gasteiger partial charge in [0.15, 0.2) is 0 Å². The summed E-state index contributed by atoms with van der Waals surface area (Å²) in [6.45, 7) is 3.96. The van der Waals surface area contributed by atoms with Crippen LogP contribution in [0.5, 0.6) is 0 Å². The predicted molar refractivity (Wildman–Crippen MR) is 95.0 cm³/mol. The highest BCUT2D eigenvalue weighted by Crippen LogP contribution is 2.40. The number of hydrogen-bond acceptors (Lipinski definition) is 3. The first-order valence-electron chi connectivity index (χ1n) is 8.03. The van der Waals surface area contributed by atoms with Crippen molar-refractivity contribution in [3.63, 3.8) is 0 Å². The van der Waals surface area contributed by atoms with Crippen molar-refractivity contribution in [1.29, 1.82) is 0 Å². The molecule has 2 aromatic heterocycles. The Labute approximate surface area is 142 Å². The molecule has 0 bridgehead atoms. The molecule has 2 heterocycles. The van der Waals surface area contributed by atoms with Gasteiger partial charge in [0, 0.05) is 24.0 Å². The fraction of sp³-hybridized carbons (Fsp3) is 0.190. The average Bonchev–Trinajstić information content (AvgIpc) is 2.60. The summed E-state index contributed by atoms with van der Waals surface area (Å²) in [5.41, 5.74) is 4.24. The summed E-state index contributed by atoms with van der Waals surface area (Å²) in [5, 5.41) is 0. The molecule has 0 N–H and O–H groups in total. The van der Waals surface area contributed by atoms with E-state index in [2.05, 4.69) is 34.2 Å². The number of aldehydes is 1. The van der Waals surface area contributed by atoms with Crippen molar-refractivity contribution in [3.8, 4) is 0 Å². The Morgan fingerprint density at radius 3 is 2.17 bits per heavy atom. The molecule has 1 unspecified atom stereocenters. The Kier molecular flexibility index (Phi) is 4.52. The van der Waals surface area contributed by atoms with Crippen molar-refractivity contribution in [3.05, 3.63) is 95.1 Å². The maximum absolute atomic E-state index is 11.7. The second-order valence-electron chi connectivity index (χ2n) is 6.00. The molecular formula is C21H20N2O. The highest BCUT2D eigenvalue weighted by Gasteiger charge is 2.37. The molecular weight excluding hydrogens is 296 g/mol. The first-order valence-corrected chi connectivity index (χ1v) is 8.03. The second-order valence-corrected chi connectivity index (χ2v) is 6.00. The highest BCUT2D eigenvalue weighted by molar-refractivity contribution is 5.61. The molecule has 3 rings (SSSR count). The fourth-order valence-corrected chi connectivity index (χ4v) is 3.35. The van der Waals surface area contributed by atoms with Gasteiger partial charge in [0.2, 0.25) is 0 Å². The molecule has 0 aliphatic carbocycles. The van der Waals surface area contributed by atoms with E-state index < -0.39 is 5.41 Å². The molecule has 0 saturated heterocycles. The van der Waals surface area contributed by atoms with Crippen molar-refractivity contribution in [1.82, 2.24) is 9.97 Å². The SMILES string of the molecule is Cc1cc(C(CC=O)(c2ccccc2)c2ccccn2)cc(C)n1. The summed E-state index contributed by atoms with van der Waals surface area (Å²) in [7, 11) is 0. The second kappa shape index (κ2) is 6.75. The van der Waals surface area contributed by atoms with E-state index in [1.54, 1.807) is 6.20 Å². The van der Waals surface area contributed by atoms with Crippen molar-refractivity contribution >= 4 is 6.29 Å². The van der Waals surface area contributed by atoms with Gasteiger partial charge in [-0.2, -0.15) is 0 Å². The van der Waals surface area contributed by atoms with E-state index in [9.17, 15) is 4.79 Å². The number of benzene rings is 1. The molecule has 0 spiro atoms. The summed E-state index contributed by atoms with van der Waals surface area (Å²) in [5.74, 6) is 0. The normalized spacial score (nSPS) is 13.2. The van der Waals surface area contributed by atoms with Crippen LogP contribution in [0.25, 0.3) is 0 Å². The van der Waals surface area contributed by atoms with E-state index in [1.165, 1.54) is 0 Å². The van der Waals surface area contributed by atoms with Crippen molar-refractivity contribution in [2.75, 3.05) is 0 Å².